The van der Waals surface area contributed by atoms with E-state index in [4.69, 9.17) is 4.52 Å². The number of imide groups is 1. The fraction of sp³-hybridized carbons (Fsp3) is 0.143. The Morgan fingerprint density at radius 3 is 2.76 bits per heavy atom. The molecular formula is C21H16N4O3S. The molecule has 1 N–H and O–H groups in total. The molecule has 2 aromatic heterocycles. The van der Waals surface area contributed by atoms with Crippen molar-refractivity contribution in [1.82, 2.24) is 20.4 Å². The Balaban J connectivity index is 1.43. The van der Waals surface area contributed by atoms with Crippen molar-refractivity contribution < 1.29 is 14.1 Å². The summed E-state index contributed by atoms with van der Waals surface area (Å²) in [4.78, 5) is 31.2. The molecule has 0 spiro atoms. The second kappa shape index (κ2) is 6.52. The summed E-state index contributed by atoms with van der Waals surface area (Å²) in [5, 5.41) is 12.6. The highest BCUT2D eigenvalue weighted by atomic mass is 32.1. The van der Waals surface area contributed by atoms with E-state index >= 15 is 0 Å². The number of urea groups is 1. The molecule has 0 radical (unpaired) electrons. The first-order chi connectivity index (χ1) is 14.0. The number of hydrogen-bond donors (Lipinski definition) is 1. The lowest BCUT2D eigenvalue weighted by Crippen LogP contribution is -2.40. The average Bonchev–Trinajstić information content (AvgIpc) is 3.46. The summed E-state index contributed by atoms with van der Waals surface area (Å²) in [5.41, 5.74) is 0.405. The van der Waals surface area contributed by atoms with E-state index in [9.17, 15) is 9.59 Å². The highest BCUT2D eigenvalue weighted by Gasteiger charge is 2.49. The largest absolute Gasteiger partial charge is 0.337 e. The van der Waals surface area contributed by atoms with E-state index in [-0.39, 0.29) is 18.3 Å². The smallest absolute Gasteiger partial charge is 0.325 e. The summed E-state index contributed by atoms with van der Waals surface area (Å²) in [5.74, 6) is 0.288. The molecule has 1 atom stereocenters. The number of carbonyl (C=O) groups is 2. The summed E-state index contributed by atoms with van der Waals surface area (Å²) in [6, 6.07) is 15.0. The van der Waals surface area contributed by atoms with Crippen LogP contribution < -0.4 is 5.32 Å². The summed E-state index contributed by atoms with van der Waals surface area (Å²) < 4.78 is 5.25. The second-order valence-electron chi connectivity index (χ2n) is 7.03. The first kappa shape index (κ1) is 17.6. The number of carbonyl (C=O) groups excluding carboxylic acids is 2. The molecule has 0 saturated carbocycles. The molecule has 3 heterocycles. The lowest BCUT2D eigenvalue weighted by atomic mass is 9.90. The van der Waals surface area contributed by atoms with Crippen molar-refractivity contribution >= 4 is 34.0 Å². The van der Waals surface area contributed by atoms with Gasteiger partial charge in [-0.3, -0.25) is 9.69 Å². The van der Waals surface area contributed by atoms with Crippen LogP contribution in [0.25, 0.3) is 22.2 Å². The van der Waals surface area contributed by atoms with Gasteiger partial charge < -0.3 is 9.84 Å². The van der Waals surface area contributed by atoms with Gasteiger partial charge in [0.1, 0.15) is 12.1 Å². The van der Waals surface area contributed by atoms with Crippen molar-refractivity contribution in [3.63, 3.8) is 0 Å². The normalized spacial score (nSPS) is 19.1. The van der Waals surface area contributed by atoms with Gasteiger partial charge in [0.05, 0.1) is 0 Å². The van der Waals surface area contributed by atoms with Gasteiger partial charge in [-0.2, -0.15) is 16.3 Å². The van der Waals surface area contributed by atoms with Crippen LogP contribution in [0.2, 0.25) is 0 Å². The quantitative estimate of drug-likeness (QED) is 0.521. The van der Waals surface area contributed by atoms with Crippen LogP contribution in [-0.2, 0) is 16.9 Å². The van der Waals surface area contributed by atoms with Crippen molar-refractivity contribution in [3.8, 4) is 11.4 Å². The molecule has 4 aromatic rings. The number of thiophene rings is 1. The molecule has 1 fully saturated rings. The number of nitrogens with one attached hydrogen (secondary N) is 1. The third-order valence-corrected chi connectivity index (χ3v) is 5.83. The predicted octanol–water partition coefficient (Wildman–Crippen LogP) is 3.92. The molecule has 3 amide bonds. The molecular weight excluding hydrogens is 388 g/mol. The van der Waals surface area contributed by atoms with Gasteiger partial charge in [-0.1, -0.05) is 41.6 Å². The van der Waals surface area contributed by atoms with E-state index in [1.54, 1.807) is 6.92 Å². The Bertz CT molecular complexity index is 1230. The van der Waals surface area contributed by atoms with Gasteiger partial charge in [0.2, 0.25) is 11.7 Å². The maximum Gasteiger partial charge on any atom is 0.325 e. The van der Waals surface area contributed by atoms with Crippen LogP contribution in [0.1, 0.15) is 18.4 Å². The SMILES string of the molecule is CC1(c2ccc3ccccc3c2)NC(=O)N(Cc2nc(-c3ccsc3)no2)C1=O. The second-order valence-corrected chi connectivity index (χ2v) is 7.81. The van der Waals surface area contributed by atoms with Gasteiger partial charge >= 0.3 is 6.03 Å². The Morgan fingerprint density at radius 2 is 1.97 bits per heavy atom. The van der Waals surface area contributed by atoms with Crippen molar-refractivity contribution in [2.24, 2.45) is 0 Å². The Morgan fingerprint density at radius 1 is 1.14 bits per heavy atom. The number of nitrogens with zero attached hydrogens (tertiary/aromatic N) is 3. The van der Waals surface area contributed by atoms with E-state index in [1.165, 1.54) is 11.3 Å². The third kappa shape index (κ3) is 2.89. The van der Waals surface area contributed by atoms with Crippen LogP contribution in [0, 0.1) is 0 Å². The van der Waals surface area contributed by atoms with E-state index in [2.05, 4.69) is 15.5 Å². The highest BCUT2D eigenvalue weighted by Crippen LogP contribution is 2.32. The van der Waals surface area contributed by atoms with Crippen LogP contribution in [0.5, 0.6) is 0 Å². The molecule has 29 heavy (non-hydrogen) atoms. The van der Waals surface area contributed by atoms with Crippen molar-refractivity contribution in [2.75, 3.05) is 0 Å². The van der Waals surface area contributed by atoms with Crippen LogP contribution in [0.15, 0.2) is 63.8 Å². The van der Waals surface area contributed by atoms with Crippen LogP contribution in [-0.4, -0.2) is 27.0 Å². The fourth-order valence-corrected chi connectivity index (χ4v) is 4.13. The van der Waals surface area contributed by atoms with Crippen molar-refractivity contribution in [3.05, 3.63) is 70.7 Å². The van der Waals surface area contributed by atoms with E-state index in [0.29, 0.717) is 5.82 Å². The fourth-order valence-electron chi connectivity index (χ4n) is 3.50. The van der Waals surface area contributed by atoms with Gasteiger partial charge in [0.25, 0.3) is 5.91 Å². The van der Waals surface area contributed by atoms with Gasteiger partial charge in [-0.25, -0.2) is 4.79 Å². The van der Waals surface area contributed by atoms with Gasteiger partial charge in [0.15, 0.2) is 0 Å². The topological polar surface area (TPSA) is 88.3 Å². The molecule has 8 heteroatoms. The Hall–Kier alpha value is -3.52. The number of aromatic nitrogens is 2. The summed E-state index contributed by atoms with van der Waals surface area (Å²) in [6.45, 7) is 1.63. The first-order valence-corrected chi connectivity index (χ1v) is 9.97. The molecule has 1 aliphatic rings. The number of amides is 3. The van der Waals surface area contributed by atoms with Crippen molar-refractivity contribution in [1.29, 1.82) is 0 Å². The number of hydrogen-bond acceptors (Lipinski definition) is 6. The molecule has 7 nitrogen and oxygen atoms in total. The summed E-state index contributed by atoms with van der Waals surface area (Å²) in [7, 11) is 0. The monoisotopic (exact) mass is 404 g/mol. The third-order valence-electron chi connectivity index (χ3n) is 5.14. The molecule has 1 saturated heterocycles. The van der Waals surface area contributed by atoms with Crippen LogP contribution in [0.3, 0.4) is 0 Å². The number of fused-ring (bicyclic) bond motifs is 1. The van der Waals surface area contributed by atoms with Crippen molar-refractivity contribution in [2.45, 2.75) is 19.0 Å². The van der Waals surface area contributed by atoms with E-state index in [0.717, 1.165) is 26.8 Å². The van der Waals surface area contributed by atoms with E-state index < -0.39 is 11.6 Å². The van der Waals surface area contributed by atoms with E-state index in [1.807, 2.05) is 59.3 Å². The number of benzene rings is 2. The van der Waals surface area contributed by atoms with Crippen LogP contribution >= 0.6 is 11.3 Å². The van der Waals surface area contributed by atoms with Gasteiger partial charge in [-0.15, -0.1) is 0 Å². The minimum atomic E-state index is -1.16. The maximum absolute atomic E-state index is 13.2. The maximum atomic E-state index is 13.2. The molecule has 2 aromatic carbocycles. The summed E-state index contributed by atoms with van der Waals surface area (Å²) >= 11 is 1.53. The molecule has 0 bridgehead atoms. The molecule has 1 unspecified atom stereocenters. The van der Waals surface area contributed by atoms with Crippen LogP contribution in [0.4, 0.5) is 4.79 Å². The molecule has 0 aliphatic carbocycles. The Labute approximate surface area is 170 Å². The zero-order valence-electron chi connectivity index (χ0n) is 15.5. The molecule has 144 valence electrons. The highest BCUT2D eigenvalue weighted by molar-refractivity contribution is 7.08. The Kier molecular flexibility index (Phi) is 3.95. The molecule has 5 rings (SSSR count). The lowest BCUT2D eigenvalue weighted by Gasteiger charge is -2.22. The molecule has 1 aliphatic heterocycles. The standard InChI is InChI=1S/C21H16N4O3S/c1-21(16-7-6-13-4-2-3-5-14(13)10-16)19(26)25(20(27)23-21)11-17-22-18(24-28-17)15-8-9-29-12-15/h2-10,12H,11H2,1H3,(H,23,27). The zero-order valence-corrected chi connectivity index (χ0v) is 16.3. The number of rotatable bonds is 4. The minimum absolute atomic E-state index is 0.0784. The summed E-state index contributed by atoms with van der Waals surface area (Å²) in [6.07, 6.45) is 0. The average molecular weight is 404 g/mol. The van der Waals surface area contributed by atoms with Gasteiger partial charge in [-0.05, 0) is 40.8 Å². The predicted molar refractivity (Wildman–Crippen MR) is 108 cm³/mol. The van der Waals surface area contributed by atoms with Gasteiger partial charge in [0, 0.05) is 10.9 Å². The minimum Gasteiger partial charge on any atom is -0.337 e. The zero-order chi connectivity index (χ0) is 20.0. The lowest BCUT2D eigenvalue weighted by molar-refractivity contribution is -0.131. The first-order valence-electron chi connectivity index (χ1n) is 9.03.